The molecule has 0 aliphatic carbocycles. The molecular formula is C10H9NO2S2. The van der Waals surface area contributed by atoms with Gasteiger partial charge in [0.2, 0.25) is 0 Å². The lowest BCUT2D eigenvalue weighted by atomic mass is 10.2. The summed E-state index contributed by atoms with van der Waals surface area (Å²) in [5.74, 6) is 0.0247. The van der Waals surface area contributed by atoms with Gasteiger partial charge in [-0.25, -0.2) is 0 Å². The number of hydrogen-bond acceptors (Lipinski definition) is 4. The van der Waals surface area contributed by atoms with E-state index in [0.717, 1.165) is 4.88 Å². The first-order valence-electron chi connectivity index (χ1n) is 4.68. The standard InChI is InChI=1S/C10H9NO2S2/c12-10(11-6-4-13-5-6)9-3-8-7(15-9)1-2-14-8/h1-3,6H,4-5H2,(H,11,12). The summed E-state index contributed by atoms with van der Waals surface area (Å²) in [5.41, 5.74) is 0. The Morgan fingerprint density at radius 1 is 1.47 bits per heavy atom. The molecule has 0 aromatic carbocycles. The molecule has 0 radical (unpaired) electrons. The second-order valence-corrected chi connectivity index (χ2v) is 5.50. The number of carbonyl (C=O) groups is 1. The van der Waals surface area contributed by atoms with Crippen LogP contribution in [0.2, 0.25) is 0 Å². The van der Waals surface area contributed by atoms with E-state index < -0.39 is 0 Å². The molecule has 1 aliphatic heterocycles. The fraction of sp³-hybridized carbons (Fsp3) is 0.300. The van der Waals surface area contributed by atoms with Gasteiger partial charge in [0.1, 0.15) is 0 Å². The summed E-state index contributed by atoms with van der Waals surface area (Å²) in [5, 5.41) is 4.98. The third-order valence-electron chi connectivity index (χ3n) is 2.34. The normalized spacial score (nSPS) is 16.5. The monoisotopic (exact) mass is 239 g/mol. The van der Waals surface area contributed by atoms with E-state index in [1.54, 1.807) is 22.7 Å². The summed E-state index contributed by atoms with van der Waals surface area (Å²) in [6.45, 7) is 1.29. The highest BCUT2D eigenvalue weighted by Crippen LogP contribution is 2.29. The zero-order valence-corrected chi connectivity index (χ0v) is 9.49. The topological polar surface area (TPSA) is 38.3 Å². The second kappa shape index (κ2) is 3.59. The molecule has 3 heterocycles. The summed E-state index contributed by atoms with van der Waals surface area (Å²) in [7, 11) is 0. The van der Waals surface area contributed by atoms with Gasteiger partial charge in [-0.2, -0.15) is 0 Å². The van der Waals surface area contributed by atoms with Gasteiger partial charge in [-0.3, -0.25) is 4.79 Å². The van der Waals surface area contributed by atoms with Crippen LogP contribution in [0.4, 0.5) is 0 Å². The van der Waals surface area contributed by atoms with E-state index in [1.165, 1.54) is 9.40 Å². The SMILES string of the molecule is O=C(NC1COC1)c1cc2sccc2s1. The van der Waals surface area contributed by atoms with Crippen molar-refractivity contribution in [1.82, 2.24) is 5.32 Å². The third kappa shape index (κ3) is 1.67. The third-order valence-corrected chi connectivity index (χ3v) is 4.43. The van der Waals surface area contributed by atoms with Crippen molar-refractivity contribution >= 4 is 38.0 Å². The van der Waals surface area contributed by atoms with Crippen LogP contribution < -0.4 is 5.32 Å². The Balaban J connectivity index is 1.80. The number of fused-ring (bicyclic) bond motifs is 1. The van der Waals surface area contributed by atoms with Crippen LogP contribution in [0.5, 0.6) is 0 Å². The van der Waals surface area contributed by atoms with Crippen molar-refractivity contribution in [2.75, 3.05) is 13.2 Å². The lowest BCUT2D eigenvalue weighted by Gasteiger charge is -2.26. The van der Waals surface area contributed by atoms with Crippen LogP contribution in [0.15, 0.2) is 17.5 Å². The molecule has 1 amide bonds. The molecule has 3 nitrogen and oxygen atoms in total. The Morgan fingerprint density at radius 3 is 3.00 bits per heavy atom. The zero-order valence-electron chi connectivity index (χ0n) is 7.86. The van der Waals surface area contributed by atoms with Crippen LogP contribution in [-0.4, -0.2) is 25.2 Å². The Bertz CT molecular complexity index is 470. The molecule has 1 fully saturated rings. The van der Waals surface area contributed by atoms with Gasteiger partial charge in [0.05, 0.1) is 24.1 Å². The summed E-state index contributed by atoms with van der Waals surface area (Å²) in [4.78, 5) is 12.6. The number of nitrogens with one attached hydrogen (secondary N) is 1. The van der Waals surface area contributed by atoms with Crippen LogP contribution in [0.1, 0.15) is 9.67 Å². The number of carbonyl (C=O) groups excluding carboxylic acids is 1. The van der Waals surface area contributed by atoms with Gasteiger partial charge in [-0.05, 0) is 17.5 Å². The lowest BCUT2D eigenvalue weighted by Crippen LogP contribution is -2.48. The van der Waals surface area contributed by atoms with E-state index in [-0.39, 0.29) is 11.9 Å². The molecule has 0 atom stereocenters. The maximum atomic E-state index is 11.8. The number of hydrogen-bond donors (Lipinski definition) is 1. The van der Waals surface area contributed by atoms with Crippen LogP contribution in [0, 0.1) is 0 Å². The highest BCUT2D eigenvalue weighted by atomic mass is 32.1. The van der Waals surface area contributed by atoms with Crippen molar-refractivity contribution < 1.29 is 9.53 Å². The molecular weight excluding hydrogens is 230 g/mol. The van der Waals surface area contributed by atoms with E-state index in [0.29, 0.717) is 13.2 Å². The van der Waals surface area contributed by atoms with Crippen LogP contribution in [0.3, 0.4) is 0 Å². The van der Waals surface area contributed by atoms with E-state index in [2.05, 4.69) is 5.32 Å². The quantitative estimate of drug-likeness (QED) is 0.871. The predicted octanol–water partition coefficient (Wildman–Crippen LogP) is 2.09. The van der Waals surface area contributed by atoms with Crippen LogP contribution in [-0.2, 0) is 4.74 Å². The van der Waals surface area contributed by atoms with Crippen molar-refractivity contribution in [3.63, 3.8) is 0 Å². The predicted molar refractivity (Wildman–Crippen MR) is 61.8 cm³/mol. The van der Waals surface area contributed by atoms with Crippen LogP contribution >= 0.6 is 22.7 Å². The zero-order chi connectivity index (χ0) is 10.3. The van der Waals surface area contributed by atoms with Gasteiger partial charge in [-0.15, -0.1) is 22.7 Å². The minimum Gasteiger partial charge on any atom is -0.377 e. The molecule has 0 saturated carbocycles. The Hall–Kier alpha value is -0.910. The molecule has 0 spiro atoms. The molecule has 15 heavy (non-hydrogen) atoms. The molecule has 0 unspecified atom stereocenters. The van der Waals surface area contributed by atoms with Crippen molar-refractivity contribution in [3.8, 4) is 0 Å². The fourth-order valence-electron chi connectivity index (χ4n) is 1.45. The van der Waals surface area contributed by atoms with Gasteiger partial charge in [-0.1, -0.05) is 0 Å². The first kappa shape index (κ1) is 9.33. The van der Waals surface area contributed by atoms with Gasteiger partial charge >= 0.3 is 0 Å². The maximum Gasteiger partial charge on any atom is 0.261 e. The van der Waals surface area contributed by atoms with E-state index in [1.807, 2.05) is 17.5 Å². The smallest absolute Gasteiger partial charge is 0.261 e. The van der Waals surface area contributed by atoms with Crippen molar-refractivity contribution in [2.24, 2.45) is 0 Å². The Labute approximate surface area is 94.7 Å². The molecule has 1 N–H and O–H groups in total. The maximum absolute atomic E-state index is 11.8. The van der Waals surface area contributed by atoms with Gasteiger partial charge in [0.15, 0.2) is 0 Å². The molecule has 0 bridgehead atoms. The van der Waals surface area contributed by atoms with E-state index in [9.17, 15) is 4.79 Å². The fourth-order valence-corrected chi connectivity index (χ4v) is 3.47. The van der Waals surface area contributed by atoms with Crippen molar-refractivity contribution in [3.05, 3.63) is 22.4 Å². The average molecular weight is 239 g/mol. The number of thiophene rings is 2. The molecule has 2 aromatic rings. The Morgan fingerprint density at radius 2 is 2.33 bits per heavy atom. The molecule has 1 saturated heterocycles. The highest BCUT2D eigenvalue weighted by Gasteiger charge is 2.21. The number of ether oxygens (including phenoxy) is 1. The highest BCUT2D eigenvalue weighted by molar-refractivity contribution is 7.27. The summed E-state index contributed by atoms with van der Waals surface area (Å²) in [6, 6.07) is 4.21. The number of amides is 1. The minimum atomic E-state index is 0.0247. The first-order chi connectivity index (χ1) is 7.33. The van der Waals surface area contributed by atoms with Gasteiger partial charge in [0.25, 0.3) is 5.91 Å². The molecule has 78 valence electrons. The Kier molecular flexibility index (Phi) is 2.23. The second-order valence-electron chi connectivity index (χ2n) is 3.47. The van der Waals surface area contributed by atoms with E-state index >= 15 is 0 Å². The van der Waals surface area contributed by atoms with Gasteiger partial charge in [0, 0.05) is 9.40 Å². The van der Waals surface area contributed by atoms with Crippen molar-refractivity contribution in [1.29, 1.82) is 0 Å². The minimum absolute atomic E-state index is 0.0247. The van der Waals surface area contributed by atoms with E-state index in [4.69, 9.17) is 4.74 Å². The molecule has 5 heteroatoms. The van der Waals surface area contributed by atoms with Gasteiger partial charge < -0.3 is 10.1 Å². The lowest BCUT2D eigenvalue weighted by molar-refractivity contribution is -0.00338. The number of rotatable bonds is 2. The van der Waals surface area contributed by atoms with Crippen LogP contribution in [0.25, 0.3) is 9.40 Å². The van der Waals surface area contributed by atoms with Crippen molar-refractivity contribution in [2.45, 2.75) is 6.04 Å². The summed E-state index contributed by atoms with van der Waals surface area (Å²) < 4.78 is 7.39. The molecule has 3 rings (SSSR count). The molecule has 2 aromatic heterocycles. The average Bonchev–Trinajstić information content (AvgIpc) is 2.69. The first-order valence-corrected chi connectivity index (χ1v) is 6.38. The summed E-state index contributed by atoms with van der Waals surface area (Å²) >= 11 is 3.22. The largest absolute Gasteiger partial charge is 0.377 e. The summed E-state index contributed by atoms with van der Waals surface area (Å²) in [6.07, 6.45) is 0. The molecule has 1 aliphatic rings.